The summed E-state index contributed by atoms with van der Waals surface area (Å²) >= 11 is 1.15. The maximum Gasteiger partial charge on any atom is 0.355 e. The summed E-state index contributed by atoms with van der Waals surface area (Å²) in [5.74, 6) is -0.895. The molecule has 1 fully saturated rings. The number of aromatic carboxylic acids is 1. The second-order valence-electron chi connectivity index (χ2n) is 8.43. The molecule has 182 valence electrons. The lowest BCUT2D eigenvalue weighted by molar-refractivity contribution is 0.0691. The highest BCUT2D eigenvalue weighted by Crippen LogP contribution is 2.33. The number of aliphatic imine (C=N–C) groups is 1. The topological polar surface area (TPSA) is 149 Å². The fraction of sp³-hybridized carbons (Fsp3) is 0.240. The molecule has 0 aliphatic heterocycles. The van der Waals surface area contributed by atoms with Crippen LogP contribution < -0.4 is 10.9 Å². The van der Waals surface area contributed by atoms with Gasteiger partial charge in [0.2, 0.25) is 15.2 Å². The Hall–Kier alpha value is -3.34. The summed E-state index contributed by atoms with van der Waals surface area (Å²) in [5, 5.41) is 16.3. The van der Waals surface area contributed by atoms with E-state index in [1.54, 1.807) is 12.1 Å². The van der Waals surface area contributed by atoms with Crippen molar-refractivity contribution in [2.24, 2.45) is 21.8 Å². The Labute approximate surface area is 208 Å². The number of primary sulfonamides is 1. The molecule has 1 aliphatic rings. The number of nitrogens with zero attached hydrogens (tertiary/aromatic N) is 2. The minimum absolute atomic E-state index is 0.0384. The van der Waals surface area contributed by atoms with Crippen molar-refractivity contribution in [1.29, 1.82) is 0 Å². The first-order chi connectivity index (χ1) is 16.7. The van der Waals surface area contributed by atoms with Gasteiger partial charge in [-0.1, -0.05) is 55.3 Å². The van der Waals surface area contributed by atoms with Crippen molar-refractivity contribution in [3.8, 4) is 0 Å². The number of carboxylic acids is 1. The second kappa shape index (κ2) is 10.5. The van der Waals surface area contributed by atoms with E-state index in [1.165, 1.54) is 17.5 Å². The number of thiazole rings is 1. The van der Waals surface area contributed by atoms with E-state index in [4.69, 9.17) is 15.9 Å². The summed E-state index contributed by atoms with van der Waals surface area (Å²) < 4.78 is 23.4. The second-order valence-corrected chi connectivity index (χ2v) is 10.8. The van der Waals surface area contributed by atoms with E-state index in [9.17, 15) is 18.3 Å². The minimum atomic E-state index is -3.80. The van der Waals surface area contributed by atoms with Gasteiger partial charge in [-0.2, -0.15) is 0 Å². The first kappa shape index (κ1) is 24.8. The SMILES string of the molecule is NC(=C(Cc1ccc(S(N)(=O)=O)cc1)C(=Nc1nc(C(=O)O)cs1)c1ccccc1)C1CCCC1. The predicted molar refractivity (Wildman–Crippen MR) is 136 cm³/mol. The largest absolute Gasteiger partial charge is 0.476 e. The molecule has 3 aromatic rings. The van der Waals surface area contributed by atoms with Gasteiger partial charge >= 0.3 is 5.97 Å². The molecular formula is C25H26N4O4S2. The zero-order chi connectivity index (χ0) is 25.0. The summed E-state index contributed by atoms with van der Waals surface area (Å²) in [6, 6.07) is 16.0. The van der Waals surface area contributed by atoms with Crippen LogP contribution >= 0.6 is 11.3 Å². The highest BCUT2D eigenvalue weighted by Gasteiger charge is 2.24. The zero-order valence-electron chi connectivity index (χ0n) is 18.9. The van der Waals surface area contributed by atoms with Gasteiger partial charge in [-0.3, -0.25) is 0 Å². The van der Waals surface area contributed by atoms with Gasteiger partial charge in [-0.05, 0) is 36.5 Å². The van der Waals surface area contributed by atoms with Crippen molar-refractivity contribution in [3.63, 3.8) is 0 Å². The van der Waals surface area contributed by atoms with Gasteiger partial charge in [-0.25, -0.2) is 28.3 Å². The Morgan fingerprint density at radius 1 is 1.09 bits per heavy atom. The molecule has 1 saturated carbocycles. The summed E-state index contributed by atoms with van der Waals surface area (Å²) in [6.07, 6.45) is 4.60. The van der Waals surface area contributed by atoms with Crippen molar-refractivity contribution in [1.82, 2.24) is 4.98 Å². The first-order valence-electron chi connectivity index (χ1n) is 11.2. The molecule has 0 saturated heterocycles. The van der Waals surface area contributed by atoms with Crippen LogP contribution in [0.5, 0.6) is 0 Å². The molecule has 0 bridgehead atoms. The van der Waals surface area contributed by atoms with E-state index >= 15 is 0 Å². The minimum Gasteiger partial charge on any atom is -0.476 e. The fourth-order valence-corrected chi connectivity index (χ4v) is 5.40. The lowest BCUT2D eigenvalue weighted by Gasteiger charge is -2.19. The lowest BCUT2D eigenvalue weighted by Crippen LogP contribution is -2.19. The summed E-state index contributed by atoms with van der Waals surface area (Å²) in [7, 11) is -3.80. The van der Waals surface area contributed by atoms with Crippen molar-refractivity contribution in [3.05, 3.63) is 88.1 Å². The van der Waals surface area contributed by atoms with E-state index in [0.29, 0.717) is 17.3 Å². The number of aromatic nitrogens is 1. The number of sulfonamides is 1. The van der Waals surface area contributed by atoms with Crippen LogP contribution in [0.2, 0.25) is 0 Å². The first-order valence-corrected chi connectivity index (χ1v) is 13.6. The smallest absolute Gasteiger partial charge is 0.355 e. The molecule has 4 rings (SSSR count). The molecule has 0 spiro atoms. The highest BCUT2D eigenvalue weighted by atomic mass is 32.2. The van der Waals surface area contributed by atoms with Gasteiger partial charge in [0.1, 0.15) is 0 Å². The van der Waals surface area contributed by atoms with E-state index < -0.39 is 16.0 Å². The number of hydrogen-bond donors (Lipinski definition) is 3. The van der Waals surface area contributed by atoms with Gasteiger partial charge < -0.3 is 10.8 Å². The van der Waals surface area contributed by atoms with Crippen LogP contribution in [0.3, 0.4) is 0 Å². The van der Waals surface area contributed by atoms with E-state index in [2.05, 4.69) is 4.98 Å². The predicted octanol–water partition coefficient (Wildman–Crippen LogP) is 4.26. The van der Waals surface area contributed by atoms with Crippen molar-refractivity contribution >= 4 is 38.2 Å². The van der Waals surface area contributed by atoms with Crippen LogP contribution in [0.4, 0.5) is 5.13 Å². The molecule has 0 atom stereocenters. The third kappa shape index (κ3) is 6.02. The number of benzene rings is 2. The number of carboxylic acid groups (broad SMARTS) is 1. The zero-order valence-corrected chi connectivity index (χ0v) is 20.6. The average Bonchev–Trinajstić information content (AvgIpc) is 3.54. The summed E-state index contributed by atoms with van der Waals surface area (Å²) in [5.41, 5.74) is 10.6. The van der Waals surface area contributed by atoms with E-state index in [0.717, 1.165) is 59.4 Å². The molecule has 0 radical (unpaired) electrons. The van der Waals surface area contributed by atoms with Crippen molar-refractivity contribution in [2.75, 3.05) is 0 Å². The number of rotatable bonds is 8. The molecule has 1 aromatic heterocycles. The van der Waals surface area contributed by atoms with Gasteiger partial charge in [0, 0.05) is 28.6 Å². The lowest BCUT2D eigenvalue weighted by atomic mass is 9.89. The maximum atomic E-state index is 11.7. The molecule has 0 amide bonds. The van der Waals surface area contributed by atoms with Crippen LogP contribution in [-0.4, -0.2) is 30.2 Å². The number of allylic oxidation sites excluding steroid dienone is 2. The molecule has 8 nitrogen and oxygen atoms in total. The molecule has 0 unspecified atom stereocenters. The van der Waals surface area contributed by atoms with Gasteiger partial charge in [-0.15, -0.1) is 11.3 Å². The Morgan fingerprint density at radius 3 is 2.31 bits per heavy atom. The third-order valence-electron chi connectivity index (χ3n) is 6.03. The maximum absolute atomic E-state index is 11.7. The number of carbonyl (C=O) groups is 1. The van der Waals surface area contributed by atoms with Gasteiger partial charge in [0.05, 0.1) is 10.6 Å². The van der Waals surface area contributed by atoms with Crippen LogP contribution in [-0.2, 0) is 16.4 Å². The molecule has 10 heteroatoms. The highest BCUT2D eigenvalue weighted by molar-refractivity contribution is 7.89. The van der Waals surface area contributed by atoms with Crippen molar-refractivity contribution in [2.45, 2.75) is 37.0 Å². The van der Waals surface area contributed by atoms with Crippen LogP contribution in [0, 0.1) is 5.92 Å². The Kier molecular flexibility index (Phi) is 7.44. The van der Waals surface area contributed by atoms with Crippen LogP contribution in [0.25, 0.3) is 0 Å². The molecule has 5 N–H and O–H groups in total. The molecule has 35 heavy (non-hydrogen) atoms. The summed E-state index contributed by atoms with van der Waals surface area (Å²) in [4.78, 5) is 20.3. The monoisotopic (exact) mass is 510 g/mol. The normalized spacial score (nSPS) is 15.7. The molecule has 1 heterocycles. The van der Waals surface area contributed by atoms with E-state index in [1.807, 2.05) is 30.3 Å². The third-order valence-corrected chi connectivity index (χ3v) is 7.69. The van der Waals surface area contributed by atoms with Crippen LogP contribution in [0.1, 0.15) is 47.3 Å². The molecular weight excluding hydrogens is 484 g/mol. The molecule has 1 aliphatic carbocycles. The standard InChI is InChI=1S/C25H26N4O4S2/c26-22(17-6-4-5-7-17)20(14-16-10-12-19(13-11-16)35(27,32)33)23(18-8-2-1-3-9-18)29-25-28-21(15-34-25)24(30)31/h1-3,8-13,15,17H,4-7,14,26H2,(H,30,31)(H2,27,32,33). The number of nitrogens with two attached hydrogens (primary N) is 2. The van der Waals surface area contributed by atoms with Gasteiger partial charge in [0.15, 0.2) is 5.69 Å². The van der Waals surface area contributed by atoms with Crippen molar-refractivity contribution < 1.29 is 18.3 Å². The average molecular weight is 511 g/mol. The Balaban J connectivity index is 1.84. The Bertz CT molecular complexity index is 1370. The molecule has 2 aromatic carbocycles. The van der Waals surface area contributed by atoms with Crippen LogP contribution in [0.15, 0.2) is 81.1 Å². The van der Waals surface area contributed by atoms with Gasteiger partial charge in [0.25, 0.3) is 0 Å². The summed E-state index contributed by atoms with van der Waals surface area (Å²) in [6.45, 7) is 0. The number of hydrogen-bond acceptors (Lipinski definition) is 7. The quantitative estimate of drug-likeness (QED) is 0.386. The van der Waals surface area contributed by atoms with E-state index in [-0.39, 0.29) is 16.5 Å². The fourth-order valence-electron chi connectivity index (χ4n) is 4.22. The Morgan fingerprint density at radius 2 is 1.74 bits per heavy atom.